The van der Waals surface area contributed by atoms with Gasteiger partial charge in [-0.2, -0.15) is 0 Å². The first-order valence-corrected chi connectivity index (χ1v) is 6.10. The highest BCUT2D eigenvalue weighted by atomic mass is 16.5. The quantitative estimate of drug-likeness (QED) is 0.832. The van der Waals surface area contributed by atoms with E-state index in [1.807, 2.05) is 39.0 Å². The molecule has 3 heteroatoms. The minimum atomic E-state index is -0.933. The van der Waals surface area contributed by atoms with Gasteiger partial charge >= 0.3 is 5.97 Å². The summed E-state index contributed by atoms with van der Waals surface area (Å²) in [5.74, 6) is -0.223. The first kappa shape index (κ1) is 15.0. The fraction of sp³-hybridized carbons (Fsp3) is 0.312. The molecule has 0 aliphatic heterocycles. The van der Waals surface area contributed by atoms with Crippen LogP contribution in [0.4, 0.5) is 0 Å². The van der Waals surface area contributed by atoms with Gasteiger partial charge in [-0.05, 0) is 57.0 Å². The lowest BCUT2D eigenvalue weighted by atomic mass is 10.0. The van der Waals surface area contributed by atoms with Crippen molar-refractivity contribution in [3.05, 3.63) is 41.5 Å². The van der Waals surface area contributed by atoms with Crippen LogP contribution in [0.15, 0.2) is 30.4 Å². The van der Waals surface area contributed by atoms with E-state index in [4.69, 9.17) is 9.84 Å². The zero-order chi connectivity index (χ0) is 14.6. The van der Waals surface area contributed by atoms with Crippen LogP contribution in [-0.4, -0.2) is 16.7 Å². The number of hydrogen-bond acceptors (Lipinski definition) is 2. The summed E-state index contributed by atoms with van der Waals surface area (Å²) in [6.07, 6.45) is 3.32. The first-order valence-electron chi connectivity index (χ1n) is 6.10. The van der Waals surface area contributed by atoms with Crippen LogP contribution in [0, 0.1) is 0 Å². The lowest BCUT2D eigenvalue weighted by Gasteiger charge is -2.21. The molecule has 0 amide bonds. The molecule has 0 bridgehead atoms. The van der Waals surface area contributed by atoms with Crippen LogP contribution in [0.25, 0.3) is 12.2 Å². The molecule has 0 aliphatic rings. The zero-order valence-corrected chi connectivity index (χ0v) is 11.9. The van der Waals surface area contributed by atoms with Crippen LogP contribution in [0.3, 0.4) is 0 Å². The monoisotopic (exact) mass is 260 g/mol. The maximum atomic E-state index is 10.9. The third kappa shape index (κ3) is 4.62. The molecule has 1 rings (SSSR count). The van der Waals surface area contributed by atoms with Gasteiger partial charge in [0.15, 0.2) is 0 Å². The Hall–Kier alpha value is -2.03. The van der Waals surface area contributed by atoms with E-state index in [0.29, 0.717) is 5.75 Å². The molecule has 0 saturated heterocycles. The Bertz CT molecular complexity index is 519. The maximum Gasteiger partial charge on any atom is 0.331 e. The number of hydrogen-bond donors (Lipinski definition) is 1. The first-order chi connectivity index (χ1) is 8.73. The van der Waals surface area contributed by atoms with Crippen molar-refractivity contribution in [2.45, 2.75) is 33.3 Å². The predicted octanol–water partition coefficient (Wildman–Crippen LogP) is 3.99. The van der Waals surface area contributed by atoms with Crippen molar-refractivity contribution in [2.24, 2.45) is 0 Å². The minimum absolute atomic E-state index is 0.274. The van der Waals surface area contributed by atoms with Gasteiger partial charge in [0.05, 0.1) is 0 Å². The second-order valence-electron chi connectivity index (χ2n) is 5.34. The van der Waals surface area contributed by atoms with E-state index in [0.717, 1.165) is 11.1 Å². The summed E-state index contributed by atoms with van der Waals surface area (Å²) in [4.78, 5) is 10.9. The lowest BCUT2D eigenvalue weighted by Crippen LogP contribution is -2.22. The number of ether oxygens (including phenoxy) is 1. The van der Waals surface area contributed by atoms with Crippen molar-refractivity contribution in [2.75, 3.05) is 0 Å². The molecule has 0 radical (unpaired) electrons. The number of carbonyl (C=O) groups is 1. The van der Waals surface area contributed by atoms with Crippen LogP contribution < -0.4 is 4.74 Å². The minimum Gasteiger partial charge on any atom is -0.488 e. The number of carboxylic acid groups (broad SMARTS) is 1. The average molecular weight is 260 g/mol. The number of rotatable bonds is 4. The van der Waals surface area contributed by atoms with Crippen molar-refractivity contribution < 1.29 is 14.6 Å². The number of carboxylic acids is 1. The van der Waals surface area contributed by atoms with Crippen molar-refractivity contribution >= 4 is 18.1 Å². The normalized spacial score (nSPS) is 12.1. The standard InChI is InChI=1S/C16H20O3/c1-6-12-7-8-14(19-16(3,4)5)10-13(12)9-11(2)15(17)18/h6-10H,1H2,2-5H3,(H,17,18)/b11-9+. The molecule has 0 atom stereocenters. The fourth-order valence-electron chi connectivity index (χ4n) is 1.58. The molecule has 19 heavy (non-hydrogen) atoms. The summed E-state index contributed by atoms with van der Waals surface area (Å²) < 4.78 is 5.77. The molecule has 0 aliphatic carbocycles. The predicted molar refractivity (Wildman–Crippen MR) is 78.2 cm³/mol. The molecule has 0 saturated carbocycles. The third-order valence-electron chi connectivity index (χ3n) is 2.41. The third-order valence-corrected chi connectivity index (χ3v) is 2.41. The number of benzene rings is 1. The van der Waals surface area contributed by atoms with Gasteiger partial charge in [0.25, 0.3) is 0 Å². The Labute approximate surface area is 114 Å². The Balaban J connectivity index is 3.21. The van der Waals surface area contributed by atoms with Gasteiger partial charge < -0.3 is 9.84 Å². The Morgan fingerprint density at radius 2 is 1.95 bits per heavy atom. The highest BCUT2D eigenvalue weighted by Crippen LogP contribution is 2.24. The molecule has 1 aromatic rings. The van der Waals surface area contributed by atoms with Crippen LogP contribution in [0.2, 0.25) is 0 Å². The largest absolute Gasteiger partial charge is 0.488 e. The molecule has 1 N–H and O–H groups in total. The van der Waals surface area contributed by atoms with Crippen LogP contribution in [-0.2, 0) is 4.79 Å². The summed E-state index contributed by atoms with van der Waals surface area (Å²) in [6, 6.07) is 5.56. The Morgan fingerprint density at radius 3 is 2.42 bits per heavy atom. The molecule has 0 unspecified atom stereocenters. The molecule has 3 nitrogen and oxygen atoms in total. The Kier molecular flexibility index (Phi) is 4.54. The van der Waals surface area contributed by atoms with Gasteiger partial charge in [-0.25, -0.2) is 4.79 Å². The summed E-state index contributed by atoms with van der Waals surface area (Å²) in [5, 5.41) is 8.94. The smallest absolute Gasteiger partial charge is 0.331 e. The van der Waals surface area contributed by atoms with E-state index in [1.165, 1.54) is 0 Å². The summed E-state index contributed by atoms with van der Waals surface area (Å²) in [6.45, 7) is 11.2. The lowest BCUT2D eigenvalue weighted by molar-refractivity contribution is -0.132. The fourth-order valence-corrected chi connectivity index (χ4v) is 1.58. The topological polar surface area (TPSA) is 46.5 Å². The van der Waals surface area contributed by atoms with Crippen molar-refractivity contribution in [3.63, 3.8) is 0 Å². The summed E-state index contributed by atoms with van der Waals surface area (Å²) in [5.41, 5.74) is 1.65. The van der Waals surface area contributed by atoms with Gasteiger partial charge in [-0.15, -0.1) is 0 Å². The number of aliphatic carboxylic acids is 1. The highest BCUT2D eigenvalue weighted by molar-refractivity contribution is 5.92. The van der Waals surface area contributed by atoms with Crippen LogP contribution >= 0.6 is 0 Å². The molecule has 0 spiro atoms. The molecular weight excluding hydrogens is 240 g/mol. The molecule has 0 fully saturated rings. The van der Waals surface area contributed by atoms with E-state index in [1.54, 1.807) is 19.1 Å². The van der Waals surface area contributed by atoms with E-state index >= 15 is 0 Å². The zero-order valence-electron chi connectivity index (χ0n) is 11.9. The van der Waals surface area contributed by atoms with E-state index in [2.05, 4.69) is 6.58 Å². The summed E-state index contributed by atoms with van der Waals surface area (Å²) in [7, 11) is 0. The van der Waals surface area contributed by atoms with Crippen molar-refractivity contribution in [1.29, 1.82) is 0 Å². The SMILES string of the molecule is C=Cc1ccc(OC(C)(C)C)cc1/C=C(\C)C(=O)O. The van der Waals surface area contributed by atoms with Gasteiger partial charge in [0.2, 0.25) is 0 Å². The highest BCUT2D eigenvalue weighted by Gasteiger charge is 2.12. The van der Waals surface area contributed by atoms with E-state index in [-0.39, 0.29) is 11.2 Å². The van der Waals surface area contributed by atoms with E-state index < -0.39 is 5.97 Å². The molecule has 0 heterocycles. The molecule has 102 valence electrons. The second-order valence-corrected chi connectivity index (χ2v) is 5.34. The van der Waals surface area contributed by atoms with Gasteiger partial charge in [-0.3, -0.25) is 0 Å². The average Bonchev–Trinajstić information content (AvgIpc) is 2.27. The van der Waals surface area contributed by atoms with E-state index in [9.17, 15) is 4.79 Å². The molecular formula is C16H20O3. The van der Waals surface area contributed by atoms with Gasteiger partial charge in [-0.1, -0.05) is 18.7 Å². The maximum absolute atomic E-state index is 10.9. The van der Waals surface area contributed by atoms with Gasteiger partial charge in [0.1, 0.15) is 11.4 Å². The van der Waals surface area contributed by atoms with Gasteiger partial charge in [0, 0.05) is 5.57 Å². The molecule has 1 aromatic carbocycles. The Morgan fingerprint density at radius 1 is 1.32 bits per heavy atom. The second kappa shape index (κ2) is 5.74. The summed E-state index contributed by atoms with van der Waals surface area (Å²) >= 11 is 0. The van der Waals surface area contributed by atoms with Crippen molar-refractivity contribution in [3.8, 4) is 5.75 Å². The molecule has 0 aromatic heterocycles. The van der Waals surface area contributed by atoms with Crippen LogP contribution in [0.5, 0.6) is 5.75 Å². The van der Waals surface area contributed by atoms with Crippen molar-refractivity contribution in [1.82, 2.24) is 0 Å². The van der Waals surface area contributed by atoms with Crippen LogP contribution in [0.1, 0.15) is 38.8 Å².